The molecule has 15 heavy (non-hydrogen) atoms. The highest BCUT2D eigenvalue weighted by atomic mass is 16.5. The van der Waals surface area contributed by atoms with Crippen LogP contribution in [0.4, 0.5) is 0 Å². The fraction of sp³-hybridized carbons (Fsp3) is 0.538. The summed E-state index contributed by atoms with van der Waals surface area (Å²) in [5, 5.41) is 0. The van der Waals surface area contributed by atoms with Gasteiger partial charge in [-0.2, -0.15) is 0 Å². The van der Waals surface area contributed by atoms with E-state index in [0.717, 1.165) is 32.6 Å². The predicted octanol–water partition coefficient (Wildman–Crippen LogP) is 2.00. The Hall–Kier alpha value is -0.860. The third-order valence-electron chi connectivity index (χ3n) is 3.47. The van der Waals surface area contributed by atoms with Crippen LogP contribution in [0.3, 0.4) is 0 Å². The van der Waals surface area contributed by atoms with E-state index in [1.54, 1.807) is 0 Å². The van der Waals surface area contributed by atoms with Gasteiger partial charge in [0.1, 0.15) is 0 Å². The summed E-state index contributed by atoms with van der Waals surface area (Å²) in [5.74, 6) is 0. The van der Waals surface area contributed by atoms with Crippen LogP contribution in [0, 0.1) is 6.92 Å². The molecule has 1 aliphatic rings. The summed E-state index contributed by atoms with van der Waals surface area (Å²) in [7, 11) is 0. The summed E-state index contributed by atoms with van der Waals surface area (Å²) in [6.07, 6.45) is 2.10. The molecule has 1 aromatic carbocycles. The van der Waals surface area contributed by atoms with Crippen LogP contribution < -0.4 is 5.73 Å². The van der Waals surface area contributed by atoms with Gasteiger partial charge >= 0.3 is 0 Å². The molecule has 1 heterocycles. The van der Waals surface area contributed by atoms with Gasteiger partial charge in [0.05, 0.1) is 0 Å². The molecule has 82 valence electrons. The van der Waals surface area contributed by atoms with Crippen molar-refractivity contribution < 1.29 is 4.74 Å². The second-order valence-corrected chi connectivity index (χ2v) is 4.47. The lowest BCUT2D eigenvalue weighted by Crippen LogP contribution is -2.40. The van der Waals surface area contributed by atoms with Crippen molar-refractivity contribution in [2.24, 2.45) is 5.73 Å². The molecule has 2 N–H and O–H groups in total. The lowest BCUT2D eigenvalue weighted by molar-refractivity contribution is 0.0529. The molecule has 0 radical (unpaired) electrons. The molecule has 0 spiro atoms. The zero-order chi connectivity index (χ0) is 10.7. The first kappa shape index (κ1) is 10.7. The molecule has 0 bridgehead atoms. The van der Waals surface area contributed by atoms with Crippen molar-refractivity contribution >= 4 is 0 Å². The maximum absolute atomic E-state index is 5.96. The minimum absolute atomic E-state index is 0.157. The highest BCUT2D eigenvalue weighted by Gasteiger charge is 2.32. The highest BCUT2D eigenvalue weighted by Crippen LogP contribution is 2.33. The second-order valence-electron chi connectivity index (χ2n) is 4.47. The average molecular weight is 205 g/mol. The van der Waals surface area contributed by atoms with Gasteiger partial charge in [-0.25, -0.2) is 0 Å². The van der Waals surface area contributed by atoms with Crippen molar-refractivity contribution in [2.45, 2.75) is 25.2 Å². The van der Waals surface area contributed by atoms with Crippen molar-refractivity contribution in [3.8, 4) is 0 Å². The summed E-state index contributed by atoms with van der Waals surface area (Å²) in [6, 6.07) is 8.72. The summed E-state index contributed by atoms with van der Waals surface area (Å²) in [4.78, 5) is 0. The SMILES string of the molecule is Cc1cccc(C2(CN)CCOCC2)c1. The van der Waals surface area contributed by atoms with Gasteiger partial charge in [0.15, 0.2) is 0 Å². The van der Waals surface area contributed by atoms with E-state index in [0.29, 0.717) is 0 Å². The summed E-state index contributed by atoms with van der Waals surface area (Å²) in [6.45, 7) is 4.53. The number of nitrogens with two attached hydrogens (primary N) is 1. The first-order valence-electron chi connectivity index (χ1n) is 5.62. The summed E-state index contributed by atoms with van der Waals surface area (Å²) in [5.41, 5.74) is 8.82. The molecular formula is C13H19NO. The zero-order valence-electron chi connectivity index (χ0n) is 9.33. The molecule has 0 aromatic heterocycles. The Morgan fingerprint density at radius 2 is 2.07 bits per heavy atom. The molecule has 2 heteroatoms. The molecule has 1 aliphatic heterocycles. The number of aryl methyl sites for hydroxylation is 1. The van der Waals surface area contributed by atoms with Crippen LogP contribution in [0.15, 0.2) is 24.3 Å². The monoisotopic (exact) mass is 205 g/mol. The van der Waals surface area contributed by atoms with Crippen molar-refractivity contribution in [1.29, 1.82) is 0 Å². The molecule has 0 atom stereocenters. The van der Waals surface area contributed by atoms with Gasteiger partial charge in [0, 0.05) is 25.2 Å². The second kappa shape index (κ2) is 4.33. The van der Waals surface area contributed by atoms with E-state index in [1.807, 2.05) is 0 Å². The summed E-state index contributed by atoms with van der Waals surface area (Å²) >= 11 is 0. The van der Waals surface area contributed by atoms with Gasteiger partial charge in [-0.1, -0.05) is 29.8 Å². The molecule has 1 aromatic rings. The van der Waals surface area contributed by atoms with Gasteiger partial charge in [0.2, 0.25) is 0 Å². The van der Waals surface area contributed by atoms with Gasteiger partial charge in [-0.3, -0.25) is 0 Å². The molecule has 2 rings (SSSR count). The van der Waals surface area contributed by atoms with E-state index in [9.17, 15) is 0 Å². The summed E-state index contributed by atoms with van der Waals surface area (Å²) < 4.78 is 5.42. The van der Waals surface area contributed by atoms with Crippen molar-refractivity contribution in [3.05, 3.63) is 35.4 Å². The fourth-order valence-electron chi connectivity index (χ4n) is 2.35. The Balaban J connectivity index is 2.32. The fourth-order valence-corrected chi connectivity index (χ4v) is 2.35. The number of ether oxygens (including phenoxy) is 1. The minimum Gasteiger partial charge on any atom is -0.381 e. The van der Waals surface area contributed by atoms with Crippen molar-refractivity contribution in [1.82, 2.24) is 0 Å². The molecule has 0 aliphatic carbocycles. The standard InChI is InChI=1S/C13H19NO/c1-11-3-2-4-12(9-11)13(10-14)5-7-15-8-6-13/h2-4,9H,5-8,10,14H2,1H3. The Morgan fingerprint density at radius 3 is 2.67 bits per heavy atom. The van der Waals surface area contributed by atoms with E-state index < -0.39 is 0 Å². The van der Waals surface area contributed by atoms with Gasteiger partial charge in [-0.05, 0) is 25.3 Å². The quantitative estimate of drug-likeness (QED) is 0.801. The van der Waals surface area contributed by atoms with E-state index in [1.165, 1.54) is 11.1 Å². The van der Waals surface area contributed by atoms with Gasteiger partial charge in [-0.15, -0.1) is 0 Å². The minimum atomic E-state index is 0.157. The maximum Gasteiger partial charge on any atom is 0.0475 e. The number of benzene rings is 1. The topological polar surface area (TPSA) is 35.2 Å². The number of rotatable bonds is 2. The average Bonchev–Trinajstić information content (AvgIpc) is 2.30. The van der Waals surface area contributed by atoms with Crippen LogP contribution in [-0.4, -0.2) is 19.8 Å². The van der Waals surface area contributed by atoms with Crippen LogP contribution in [-0.2, 0) is 10.2 Å². The normalized spacial score (nSPS) is 20.1. The number of hydrogen-bond donors (Lipinski definition) is 1. The zero-order valence-corrected chi connectivity index (χ0v) is 9.33. The van der Waals surface area contributed by atoms with Crippen LogP contribution in [0.5, 0.6) is 0 Å². The predicted molar refractivity (Wildman–Crippen MR) is 62.0 cm³/mol. The van der Waals surface area contributed by atoms with Crippen LogP contribution >= 0.6 is 0 Å². The van der Waals surface area contributed by atoms with Crippen molar-refractivity contribution in [3.63, 3.8) is 0 Å². The van der Waals surface area contributed by atoms with Crippen molar-refractivity contribution in [2.75, 3.05) is 19.8 Å². The van der Waals surface area contributed by atoms with E-state index >= 15 is 0 Å². The molecule has 0 saturated carbocycles. The third-order valence-corrected chi connectivity index (χ3v) is 3.47. The first-order valence-corrected chi connectivity index (χ1v) is 5.62. The molecule has 0 amide bonds. The van der Waals surface area contributed by atoms with Gasteiger partial charge < -0.3 is 10.5 Å². The van der Waals surface area contributed by atoms with E-state index in [4.69, 9.17) is 10.5 Å². The largest absolute Gasteiger partial charge is 0.381 e. The highest BCUT2D eigenvalue weighted by molar-refractivity contribution is 5.30. The van der Waals surface area contributed by atoms with Crippen LogP contribution in [0.2, 0.25) is 0 Å². The smallest absolute Gasteiger partial charge is 0.0475 e. The Bertz CT molecular complexity index is 329. The molecular weight excluding hydrogens is 186 g/mol. The van der Waals surface area contributed by atoms with E-state index in [2.05, 4.69) is 31.2 Å². The lowest BCUT2D eigenvalue weighted by Gasteiger charge is -2.36. The van der Waals surface area contributed by atoms with Crippen LogP contribution in [0.25, 0.3) is 0 Å². The van der Waals surface area contributed by atoms with Gasteiger partial charge in [0.25, 0.3) is 0 Å². The van der Waals surface area contributed by atoms with Crippen LogP contribution in [0.1, 0.15) is 24.0 Å². The lowest BCUT2D eigenvalue weighted by atomic mass is 9.74. The Labute approximate surface area is 91.4 Å². The maximum atomic E-state index is 5.96. The molecule has 1 saturated heterocycles. The Morgan fingerprint density at radius 1 is 1.33 bits per heavy atom. The molecule has 1 fully saturated rings. The third kappa shape index (κ3) is 2.06. The Kier molecular flexibility index (Phi) is 3.08. The van der Waals surface area contributed by atoms with E-state index in [-0.39, 0.29) is 5.41 Å². The number of hydrogen-bond acceptors (Lipinski definition) is 2. The first-order chi connectivity index (χ1) is 7.27. The molecule has 2 nitrogen and oxygen atoms in total. The molecule has 0 unspecified atom stereocenters.